The Morgan fingerprint density at radius 2 is 1.83 bits per heavy atom. The smallest absolute Gasteiger partial charge is 0.221 e. The minimum Gasteiger partial charge on any atom is -0.497 e. The van der Waals surface area contributed by atoms with Crippen molar-refractivity contribution >= 4 is 11.9 Å². The van der Waals surface area contributed by atoms with Crippen LogP contribution in [0.1, 0.15) is 51.1 Å². The highest BCUT2D eigenvalue weighted by atomic mass is 16.5. The number of methoxy groups -OCH3 is 1. The number of carbonyl (C=O) groups is 1. The lowest BCUT2D eigenvalue weighted by molar-refractivity contribution is -0.120. The zero-order valence-corrected chi connectivity index (χ0v) is 18.2. The van der Waals surface area contributed by atoms with Crippen molar-refractivity contribution in [1.82, 2.24) is 20.9 Å². The van der Waals surface area contributed by atoms with Crippen LogP contribution in [0, 0.1) is 0 Å². The zero-order valence-electron chi connectivity index (χ0n) is 18.2. The first kappa shape index (κ1) is 23.0. The molecule has 1 aliphatic heterocycles. The van der Waals surface area contributed by atoms with Crippen LogP contribution in [-0.2, 0) is 4.79 Å². The van der Waals surface area contributed by atoms with Crippen LogP contribution in [0.5, 0.6) is 5.75 Å². The SMILES string of the molecule is CCCNC(=O)CCNC(=NCC(c1ccc(OC)cc1)N1CCCC1)NCC. The van der Waals surface area contributed by atoms with Crippen LogP contribution in [0.2, 0.25) is 0 Å². The summed E-state index contributed by atoms with van der Waals surface area (Å²) < 4.78 is 5.30. The van der Waals surface area contributed by atoms with Crippen LogP contribution in [0.25, 0.3) is 0 Å². The van der Waals surface area contributed by atoms with E-state index in [4.69, 9.17) is 9.73 Å². The van der Waals surface area contributed by atoms with Crippen molar-refractivity contribution in [3.8, 4) is 5.75 Å². The Hall–Kier alpha value is -2.28. The van der Waals surface area contributed by atoms with E-state index in [1.54, 1.807) is 7.11 Å². The molecule has 0 aliphatic carbocycles. The molecular formula is C22H37N5O2. The Bertz CT molecular complexity index is 627. The largest absolute Gasteiger partial charge is 0.497 e. The first-order valence-corrected chi connectivity index (χ1v) is 10.8. The molecule has 0 spiro atoms. The van der Waals surface area contributed by atoms with Gasteiger partial charge in [-0.3, -0.25) is 14.7 Å². The topological polar surface area (TPSA) is 78.0 Å². The standard InChI is InChI=1S/C22H37N5O2/c1-4-13-24-21(28)12-14-25-22(23-5-2)26-17-20(27-15-6-7-16-27)18-8-10-19(29-3)11-9-18/h8-11,20H,4-7,12-17H2,1-3H3,(H,24,28)(H2,23,25,26). The molecule has 1 aliphatic rings. The van der Waals surface area contributed by atoms with E-state index in [0.717, 1.165) is 44.3 Å². The van der Waals surface area contributed by atoms with Gasteiger partial charge in [0.2, 0.25) is 5.91 Å². The van der Waals surface area contributed by atoms with Gasteiger partial charge in [-0.15, -0.1) is 0 Å². The predicted molar refractivity (Wildman–Crippen MR) is 118 cm³/mol. The van der Waals surface area contributed by atoms with Crippen LogP contribution >= 0.6 is 0 Å². The van der Waals surface area contributed by atoms with Crippen molar-refractivity contribution < 1.29 is 9.53 Å². The van der Waals surface area contributed by atoms with E-state index >= 15 is 0 Å². The van der Waals surface area contributed by atoms with Crippen molar-refractivity contribution in [2.75, 3.05) is 46.4 Å². The number of hydrogen-bond acceptors (Lipinski definition) is 4. The van der Waals surface area contributed by atoms with Crippen molar-refractivity contribution in [2.24, 2.45) is 4.99 Å². The molecule has 0 aromatic heterocycles. The summed E-state index contributed by atoms with van der Waals surface area (Å²) in [5.74, 6) is 1.70. The Morgan fingerprint density at radius 1 is 1.10 bits per heavy atom. The number of nitrogens with one attached hydrogen (secondary N) is 3. The fraction of sp³-hybridized carbons (Fsp3) is 0.636. The quantitative estimate of drug-likeness (QED) is 0.390. The minimum absolute atomic E-state index is 0.0726. The van der Waals surface area contributed by atoms with Gasteiger partial charge >= 0.3 is 0 Å². The highest BCUT2D eigenvalue weighted by Crippen LogP contribution is 2.27. The van der Waals surface area contributed by atoms with Crippen LogP contribution in [0.4, 0.5) is 0 Å². The minimum atomic E-state index is 0.0726. The Morgan fingerprint density at radius 3 is 2.45 bits per heavy atom. The number of benzene rings is 1. The molecule has 3 N–H and O–H groups in total. The number of hydrogen-bond donors (Lipinski definition) is 3. The average Bonchev–Trinajstić information content (AvgIpc) is 3.27. The maximum Gasteiger partial charge on any atom is 0.221 e. The molecule has 0 saturated carbocycles. The molecule has 7 heteroatoms. The maximum absolute atomic E-state index is 11.8. The summed E-state index contributed by atoms with van der Waals surface area (Å²) in [6.07, 6.45) is 3.87. The Labute approximate surface area is 175 Å². The molecule has 7 nitrogen and oxygen atoms in total. The average molecular weight is 404 g/mol. The predicted octanol–water partition coefficient (Wildman–Crippen LogP) is 2.30. The molecule has 1 unspecified atom stereocenters. The van der Waals surface area contributed by atoms with Crippen molar-refractivity contribution in [1.29, 1.82) is 0 Å². The third kappa shape index (κ3) is 7.93. The lowest BCUT2D eigenvalue weighted by Gasteiger charge is -2.27. The molecule has 0 radical (unpaired) electrons. The molecule has 0 bridgehead atoms. The summed E-state index contributed by atoms with van der Waals surface area (Å²) in [4.78, 5) is 19.1. The second-order valence-corrected chi connectivity index (χ2v) is 7.28. The van der Waals surface area contributed by atoms with Crippen LogP contribution in [0.3, 0.4) is 0 Å². The normalized spacial score (nSPS) is 15.8. The van der Waals surface area contributed by atoms with Crippen LogP contribution in [-0.4, -0.2) is 63.1 Å². The number of nitrogens with zero attached hydrogens (tertiary/aromatic N) is 2. The third-order valence-electron chi connectivity index (χ3n) is 5.07. The van der Waals surface area contributed by atoms with E-state index in [2.05, 4.69) is 33.0 Å². The molecular weight excluding hydrogens is 366 g/mol. The maximum atomic E-state index is 11.8. The molecule has 162 valence electrons. The fourth-order valence-corrected chi connectivity index (χ4v) is 3.48. The number of aliphatic imine (C=N–C) groups is 1. The number of amides is 1. The lowest BCUT2D eigenvalue weighted by atomic mass is 10.1. The van der Waals surface area contributed by atoms with Gasteiger partial charge < -0.3 is 20.7 Å². The zero-order chi connectivity index (χ0) is 20.9. The molecule has 1 heterocycles. The van der Waals surface area contributed by atoms with Gasteiger partial charge in [-0.25, -0.2) is 0 Å². The summed E-state index contributed by atoms with van der Waals surface area (Å²) in [5, 5.41) is 9.47. The van der Waals surface area contributed by atoms with Gasteiger partial charge in [0.15, 0.2) is 5.96 Å². The molecule has 2 rings (SSSR count). The van der Waals surface area contributed by atoms with Gasteiger partial charge in [0, 0.05) is 26.1 Å². The van der Waals surface area contributed by atoms with Gasteiger partial charge in [0.1, 0.15) is 5.75 Å². The van der Waals surface area contributed by atoms with E-state index in [0.29, 0.717) is 19.5 Å². The molecule has 29 heavy (non-hydrogen) atoms. The summed E-state index contributed by atoms with van der Waals surface area (Å²) in [5.41, 5.74) is 1.26. The second-order valence-electron chi connectivity index (χ2n) is 7.28. The molecule has 1 aromatic carbocycles. The molecule has 1 amide bonds. The van der Waals surface area contributed by atoms with E-state index in [9.17, 15) is 4.79 Å². The van der Waals surface area contributed by atoms with E-state index in [1.807, 2.05) is 26.0 Å². The van der Waals surface area contributed by atoms with Crippen LogP contribution < -0.4 is 20.7 Å². The number of ether oxygens (including phenoxy) is 1. The van der Waals surface area contributed by atoms with Gasteiger partial charge in [-0.2, -0.15) is 0 Å². The first-order chi connectivity index (χ1) is 14.2. The van der Waals surface area contributed by atoms with Crippen molar-refractivity contribution in [2.45, 2.75) is 45.6 Å². The van der Waals surface area contributed by atoms with Crippen LogP contribution in [0.15, 0.2) is 29.3 Å². The summed E-state index contributed by atoms with van der Waals surface area (Å²) in [6, 6.07) is 8.54. The highest BCUT2D eigenvalue weighted by Gasteiger charge is 2.23. The summed E-state index contributed by atoms with van der Waals surface area (Å²) >= 11 is 0. The first-order valence-electron chi connectivity index (χ1n) is 10.8. The van der Waals surface area contributed by atoms with Gasteiger partial charge in [0.05, 0.1) is 19.7 Å². The Kier molecular flexibility index (Phi) is 10.3. The van der Waals surface area contributed by atoms with Gasteiger partial charge in [-0.1, -0.05) is 19.1 Å². The van der Waals surface area contributed by atoms with Gasteiger partial charge in [-0.05, 0) is 57.0 Å². The summed E-state index contributed by atoms with van der Waals surface area (Å²) in [7, 11) is 1.69. The van der Waals surface area contributed by atoms with E-state index < -0.39 is 0 Å². The number of likely N-dealkylation sites (tertiary alicyclic amines) is 1. The van der Waals surface area contributed by atoms with Crippen molar-refractivity contribution in [3.63, 3.8) is 0 Å². The number of rotatable bonds is 11. The summed E-state index contributed by atoms with van der Waals surface area (Å²) in [6.45, 7) is 9.06. The monoisotopic (exact) mass is 403 g/mol. The fourth-order valence-electron chi connectivity index (χ4n) is 3.48. The number of carbonyl (C=O) groups excluding carboxylic acids is 1. The molecule has 1 atom stereocenters. The number of guanidine groups is 1. The van der Waals surface area contributed by atoms with E-state index in [-0.39, 0.29) is 11.9 Å². The van der Waals surface area contributed by atoms with Crippen molar-refractivity contribution in [3.05, 3.63) is 29.8 Å². The highest BCUT2D eigenvalue weighted by molar-refractivity contribution is 5.81. The molecule has 1 fully saturated rings. The second kappa shape index (κ2) is 13.0. The molecule has 1 saturated heterocycles. The lowest BCUT2D eigenvalue weighted by Crippen LogP contribution is -2.40. The molecule has 1 aromatic rings. The Balaban J connectivity index is 1.99. The third-order valence-corrected chi connectivity index (χ3v) is 5.07. The van der Waals surface area contributed by atoms with E-state index in [1.165, 1.54) is 18.4 Å². The van der Waals surface area contributed by atoms with Gasteiger partial charge in [0.25, 0.3) is 0 Å².